The average Bonchev–Trinajstić information content (AvgIpc) is 2.77. The zero-order chi connectivity index (χ0) is 14.9. The van der Waals surface area contributed by atoms with Gasteiger partial charge in [0.05, 0.1) is 4.90 Å². The molecule has 0 radical (unpaired) electrons. The molecule has 0 saturated carbocycles. The predicted octanol–water partition coefficient (Wildman–Crippen LogP) is 0.933. The van der Waals surface area contributed by atoms with Crippen molar-refractivity contribution in [2.75, 3.05) is 11.1 Å². The lowest BCUT2D eigenvalue weighted by atomic mass is 10.2. The van der Waals surface area contributed by atoms with Gasteiger partial charge in [-0.3, -0.25) is 4.79 Å². The topological polar surface area (TPSA) is 128 Å². The lowest BCUT2D eigenvalue weighted by molar-refractivity contribution is 0.102. The number of thiazole rings is 1. The molecular weight excluding hydrogens is 300 g/mol. The average molecular weight is 312 g/mol. The Balaban J connectivity index is 2.31. The third kappa shape index (κ3) is 3.13. The maximum Gasteiger partial charge on any atom is 0.275 e. The number of hydrogen-bond donors (Lipinski definition) is 3. The highest BCUT2D eigenvalue weighted by Gasteiger charge is 2.14. The first-order chi connectivity index (χ1) is 9.27. The number of hydrogen-bond acceptors (Lipinski definition) is 6. The summed E-state index contributed by atoms with van der Waals surface area (Å²) in [5.74, 6) is -0.465. The second-order valence-electron chi connectivity index (χ2n) is 4.05. The van der Waals surface area contributed by atoms with E-state index in [4.69, 9.17) is 10.9 Å². The minimum absolute atomic E-state index is 0.0730. The molecule has 1 aromatic carbocycles. The first-order valence-electron chi connectivity index (χ1n) is 5.43. The lowest BCUT2D eigenvalue weighted by Crippen LogP contribution is -2.16. The Bertz CT molecular complexity index is 768. The van der Waals surface area contributed by atoms with E-state index in [0.717, 1.165) is 11.3 Å². The molecule has 20 heavy (non-hydrogen) atoms. The van der Waals surface area contributed by atoms with Crippen LogP contribution in [-0.4, -0.2) is 19.3 Å². The Kier molecular flexibility index (Phi) is 3.75. The number of anilines is 2. The van der Waals surface area contributed by atoms with Crippen LogP contribution in [0.25, 0.3) is 0 Å². The molecule has 0 bridgehead atoms. The number of aryl methyl sites for hydroxylation is 1. The second kappa shape index (κ2) is 5.19. The van der Waals surface area contributed by atoms with Gasteiger partial charge >= 0.3 is 0 Å². The zero-order valence-corrected chi connectivity index (χ0v) is 12.1. The number of nitrogen functional groups attached to an aromatic ring is 1. The van der Waals surface area contributed by atoms with Crippen molar-refractivity contribution in [1.82, 2.24) is 4.98 Å². The van der Waals surface area contributed by atoms with Crippen molar-refractivity contribution in [2.45, 2.75) is 11.8 Å². The molecule has 0 aliphatic carbocycles. The summed E-state index contributed by atoms with van der Waals surface area (Å²) in [7, 11) is -3.82. The van der Waals surface area contributed by atoms with E-state index in [0.29, 0.717) is 11.3 Å². The molecule has 2 aromatic rings. The van der Waals surface area contributed by atoms with E-state index in [2.05, 4.69) is 10.3 Å². The van der Waals surface area contributed by atoms with Crippen molar-refractivity contribution in [3.8, 4) is 0 Å². The van der Waals surface area contributed by atoms with Gasteiger partial charge < -0.3 is 11.1 Å². The molecule has 0 aliphatic heterocycles. The van der Waals surface area contributed by atoms with E-state index in [1.54, 1.807) is 13.0 Å². The number of nitrogens with two attached hydrogens (primary N) is 2. The smallest absolute Gasteiger partial charge is 0.275 e. The summed E-state index contributed by atoms with van der Waals surface area (Å²) in [6.45, 7) is 1.73. The fourth-order valence-corrected chi connectivity index (χ4v) is 2.57. The highest BCUT2D eigenvalue weighted by atomic mass is 32.2. The fourth-order valence-electron chi connectivity index (χ4n) is 1.49. The Morgan fingerprint density at radius 2 is 2.10 bits per heavy atom. The van der Waals surface area contributed by atoms with Crippen LogP contribution in [0.15, 0.2) is 28.5 Å². The van der Waals surface area contributed by atoms with Gasteiger partial charge in [-0.2, -0.15) is 0 Å². The van der Waals surface area contributed by atoms with Crippen LogP contribution in [0.3, 0.4) is 0 Å². The Morgan fingerprint density at radius 3 is 2.65 bits per heavy atom. The summed E-state index contributed by atoms with van der Waals surface area (Å²) in [4.78, 5) is 15.7. The molecule has 106 valence electrons. The van der Waals surface area contributed by atoms with Gasteiger partial charge in [-0.15, -0.1) is 11.3 Å². The van der Waals surface area contributed by atoms with Gasteiger partial charge in [0.25, 0.3) is 5.91 Å². The minimum atomic E-state index is -3.82. The van der Waals surface area contributed by atoms with Gasteiger partial charge in [0.2, 0.25) is 10.0 Å². The molecule has 1 aromatic heterocycles. The summed E-state index contributed by atoms with van der Waals surface area (Å²) in [6.07, 6.45) is 0. The third-order valence-corrected chi connectivity index (χ3v) is 4.13. The van der Waals surface area contributed by atoms with E-state index in [1.165, 1.54) is 17.5 Å². The quantitative estimate of drug-likeness (QED) is 0.776. The first-order valence-corrected chi connectivity index (χ1v) is 7.86. The monoisotopic (exact) mass is 312 g/mol. The Hall–Kier alpha value is -1.97. The van der Waals surface area contributed by atoms with Gasteiger partial charge in [-0.05, 0) is 24.6 Å². The number of amides is 1. The van der Waals surface area contributed by atoms with Gasteiger partial charge in [-0.1, -0.05) is 6.07 Å². The largest absolute Gasteiger partial charge is 0.375 e. The third-order valence-electron chi connectivity index (χ3n) is 2.54. The standard InChI is InChI=1S/C11H12N4O3S2/c1-6-2-3-7(20(13,17)18)4-8(6)14-10(16)9-5-19-11(12)15-9/h2-5H,1H3,(H2,12,15)(H,14,16)(H2,13,17,18). The highest BCUT2D eigenvalue weighted by Crippen LogP contribution is 2.20. The number of aromatic nitrogens is 1. The number of carbonyl (C=O) groups is 1. The molecule has 9 heteroatoms. The molecule has 0 saturated heterocycles. The lowest BCUT2D eigenvalue weighted by Gasteiger charge is -2.08. The second-order valence-corrected chi connectivity index (χ2v) is 6.50. The summed E-state index contributed by atoms with van der Waals surface area (Å²) in [5.41, 5.74) is 6.68. The number of primary sulfonamides is 1. The van der Waals surface area contributed by atoms with Gasteiger partial charge in [-0.25, -0.2) is 18.5 Å². The number of nitrogens with zero attached hydrogens (tertiary/aromatic N) is 1. The van der Waals surface area contributed by atoms with E-state index >= 15 is 0 Å². The van der Waals surface area contributed by atoms with Crippen molar-refractivity contribution < 1.29 is 13.2 Å². The minimum Gasteiger partial charge on any atom is -0.375 e. The Morgan fingerprint density at radius 1 is 1.40 bits per heavy atom. The van der Waals surface area contributed by atoms with Crippen LogP contribution in [0.1, 0.15) is 16.1 Å². The maximum atomic E-state index is 11.9. The molecule has 0 fully saturated rings. The maximum absolute atomic E-state index is 11.9. The highest BCUT2D eigenvalue weighted by molar-refractivity contribution is 7.89. The number of rotatable bonds is 3. The molecule has 2 rings (SSSR count). The fraction of sp³-hybridized carbons (Fsp3) is 0.0909. The number of carbonyl (C=O) groups excluding carboxylic acids is 1. The molecule has 0 spiro atoms. The van der Waals surface area contributed by atoms with E-state index in [-0.39, 0.29) is 15.7 Å². The van der Waals surface area contributed by atoms with Crippen LogP contribution in [0, 0.1) is 6.92 Å². The van der Waals surface area contributed by atoms with Crippen molar-refractivity contribution in [3.63, 3.8) is 0 Å². The molecular formula is C11H12N4O3S2. The number of benzene rings is 1. The van der Waals surface area contributed by atoms with Crippen LogP contribution in [0.4, 0.5) is 10.8 Å². The van der Waals surface area contributed by atoms with Gasteiger partial charge in [0.15, 0.2) is 5.13 Å². The summed E-state index contributed by atoms with van der Waals surface area (Å²) in [6, 6.07) is 4.24. The van der Waals surface area contributed by atoms with Crippen molar-refractivity contribution in [1.29, 1.82) is 0 Å². The summed E-state index contributed by atoms with van der Waals surface area (Å²) < 4.78 is 22.6. The van der Waals surface area contributed by atoms with Crippen LogP contribution in [-0.2, 0) is 10.0 Å². The molecule has 0 unspecified atom stereocenters. The SMILES string of the molecule is Cc1ccc(S(N)(=O)=O)cc1NC(=O)c1csc(N)n1. The van der Waals surface area contributed by atoms with Crippen molar-refractivity contribution in [3.05, 3.63) is 34.8 Å². The summed E-state index contributed by atoms with van der Waals surface area (Å²) >= 11 is 1.14. The van der Waals surface area contributed by atoms with Crippen molar-refractivity contribution in [2.24, 2.45) is 5.14 Å². The molecule has 0 atom stereocenters. The van der Waals surface area contributed by atoms with Crippen LogP contribution < -0.4 is 16.2 Å². The van der Waals surface area contributed by atoms with Gasteiger partial charge in [0.1, 0.15) is 5.69 Å². The number of nitrogens with one attached hydrogen (secondary N) is 1. The van der Waals surface area contributed by atoms with Crippen LogP contribution >= 0.6 is 11.3 Å². The molecule has 1 heterocycles. The van der Waals surface area contributed by atoms with E-state index in [1.807, 2.05) is 0 Å². The normalized spacial score (nSPS) is 11.3. The van der Waals surface area contributed by atoms with Crippen molar-refractivity contribution >= 4 is 38.1 Å². The Labute approximate surface area is 119 Å². The first kappa shape index (κ1) is 14.4. The predicted molar refractivity (Wildman–Crippen MR) is 77.0 cm³/mol. The summed E-state index contributed by atoms with van der Waals surface area (Å²) in [5, 5.41) is 9.44. The zero-order valence-electron chi connectivity index (χ0n) is 10.5. The molecule has 7 nitrogen and oxygen atoms in total. The van der Waals surface area contributed by atoms with E-state index in [9.17, 15) is 13.2 Å². The van der Waals surface area contributed by atoms with Crippen LogP contribution in [0.2, 0.25) is 0 Å². The van der Waals surface area contributed by atoms with E-state index < -0.39 is 15.9 Å². The van der Waals surface area contributed by atoms with Crippen LogP contribution in [0.5, 0.6) is 0 Å². The molecule has 5 N–H and O–H groups in total. The van der Waals surface area contributed by atoms with Gasteiger partial charge in [0, 0.05) is 11.1 Å². The number of sulfonamides is 1. The molecule has 0 aliphatic rings. The molecule has 1 amide bonds.